The third-order valence-electron chi connectivity index (χ3n) is 12.9. The molecular weight excluding hydrogens is 1750 g/mol. The van der Waals surface area contributed by atoms with E-state index in [1.807, 2.05) is 0 Å². The molecule has 45 heteroatoms. The van der Waals surface area contributed by atoms with Crippen LogP contribution in [0.5, 0.6) is 0 Å². The molecule has 0 saturated heterocycles. The molecule has 0 bridgehead atoms. The number of nitrogens with zero attached hydrogens (tertiary/aromatic N) is 9. The number of sulfonamides is 3. The van der Waals surface area contributed by atoms with E-state index in [2.05, 4.69) is 50.6 Å². The van der Waals surface area contributed by atoms with Crippen molar-refractivity contribution in [1.29, 1.82) is 0 Å². The molecule has 1 amide bonds. The predicted octanol–water partition coefficient (Wildman–Crippen LogP) is 17.7. The number of ether oxygens (including phenoxy) is 2. The number of hydrogen-bond donors (Lipinski definition) is 1. The van der Waals surface area contributed by atoms with Gasteiger partial charge in [0.25, 0.3) is 36.0 Å². The Morgan fingerprint density at radius 2 is 0.867 bits per heavy atom. The maximum Gasteiger partial charge on any atom is 0.417 e. The van der Waals surface area contributed by atoms with Gasteiger partial charge >= 0.3 is 18.5 Å². The van der Waals surface area contributed by atoms with Crippen LogP contribution in [0, 0.1) is 0 Å². The third-order valence-corrected chi connectivity index (χ3v) is 20.6. The molecule has 3 aromatic carbocycles. The molecule has 9 aromatic rings. The Balaban J connectivity index is 0.000000261. The van der Waals surface area contributed by atoms with Gasteiger partial charge in [0.05, 0.1) is 96.3 Å². The minimum atomic E-state index is -4.91. The first kappa shape index (κ1) is 88.9. The Morgan fingerprint density at radius 3 is 1.30 bits per heavy atom. The number of hydroxylamine groups is 2. The second-order valence-electron chi connectivity index (χ2n) is 19.9. The van der Waals surface area contributed by atoms with Crippen LogP contribution in [0.3, 0.4) is 0 Å². The molecule has 22 nitrogen and oxygen atoms in total. The van der Waals surface area contributed by atoms with Gasteiger partial charge in [-0.3, -0.25) is 28.9 Å². The number of carbonyl (C=O) groups excluding carboxylic acids is 3. The molecule has 105 heavy (non-hydrogen) atoms. The topological polar surface area (TPSA) is 280 Å². The standard InChI is InChI=1S/C20H13Cl3F3N3O4S.C18H9Cl3F3N3O3S.C14H10BrCl2F3N2O3S.C8H9ClN2O2.ClH/c1-33-10-29(34(31,32)13-2-3-15(22)14(8-13)20(24,25)26)16-7-12(21)9-28-18(16)19(30)11-4-5-27-17(23)6-11;19-10-6-14(16(26-8-10)17(28)9-3-4-25-15(21)5-9)27-31(29,30)11-1-2-13(20)12(7-11)18(22,23)24;1-25-7-22(12-4-8(16)6-21-13(12)15)26(23,24)9-2-3-11(17)10(5-9)14(18,19)20;1-11(13-2)8(12)6-3-7(9)5-10-4-6;/h2-9H,10H2,1H3;1-8,27H;2-6H,7H2,1H3;3-5H,1-2H3;1H. The van der Waals surface area contributed by atoms with Crippen molar-refractivity contribution in [2.24, 2.45) is 0 Å². The van der Waals surface area contributed by atoms with Gasteiger partial charge in [0, 0.05) is 75.8 Å². The summed E-state index contributed by atoms with van der Waals surface area (Å²) in [6.07, 6.45) is -5.67. The lowest BCUT2D eigenvalue weighted by Crippen LogP contribution is -2.34. The van der Waals surface area contributed by atoms with E-state index in [4.69, 9.17) is 119 Å². The largest absolute Gasteiger partial charge is 0.417 e. The lowest BCUT2D eigenvalue weighted by atomic mass is 10.1. The van der Waals surface area contributed by atoms with Gasteiger partial charge in [0.15, 0.2) is 0 Å². The number of ketones is 2. The van der Waals surface area contributed by atoms with Crippen molar-refractivity contribution < 1.29 is 93.5 Å². The lowest BCUT2D eigenvalue weighted by Gasteiger charge is -2.25. The number of nitrogens with one attached hydrogen (secondary N) is 1. The number of rotatable bonds is 19. The highest BCUT2D eigenvalue weighted by Crippen LogP contribution is 2.41. The average Bonchev–Trinajstić information content (AvgIpc) is 0.733. The summed E-state index contributed by atoms with van der Waals surface area (Å²) in [6.45, 7) is -1.15. The van der Waals surface area contributed by atoms with E-state index < -0.39 is 120 Å². The molecule has 0 atom stereocenters. The summed E-state index contributed by atoms with van der Waals surface area (Å²) in [7, 11) is -8.40. The first-order valence-electron chi connectivity index (χ1n) is 27.4. The summed E-state index contributed by atoms with van der Waals surface area (Å²) < 4.78 is 210. The number of amides is 1. The van der Waals surface area contributed by atoms with E-state index in [1.165, 1.54) is 88.6 Å². The van der Waals surface area contributed by atoms with Crippen LogP contribution in [0.2, 0.25) is 45.5 Å². The van der Waals surface area contributed by atoms with Gasteiger partial charge in [0.1, 0.15) is 39.8 Å². The Labute approximate surface area is 650 Å². The van der Waals surface area contributed by atoms with Gasteiger partial charge < -0.3 is 9.47 Å². The summed E-state index contributed by atoms with van der Waals surface area (Å²) in [5, 5.41) is -0.334. The highest BCUT2D eigenvalue weighted by molar-refractivity contribution is 9.10. The van der Waals surface area contributed by atoms with Crippen molar-refractivity contribution in [3.05, 3.63) is 241 Å². The third kappa shape index (κ3) is 23.4. The molecule has 0 aliphatic carbocycles. The van der Waals surface area contributed by atoms with Gasteiger partial charge in [-0.2, -0.15) is 39.5 Å². The summed E-state index contributed by atoms with van der Waals surface area (Å²) in [6, 6.07) is 16.7. The van der Waals surface area contributed by atoms with Crippen molar-refractivity contribution in [1.82, 2.24) is 35.0 Å². The molecule has 0 spiro atoms. The Kier molecular flexibility index (Phi) is 31.6. The molecule has 6 aromatic heterocycles. The lowest BCUT2D eigenvalue weighted by molar-refractivity contribution is -0.138. The van der Waals surface area contributed by atoms with Crippen LogP contribution in [-0.4, -0.2) is 120 Å². The van der Waals surface area contributed by atoms with Crippen LogP contribution in [0.15, 0.2) is 166 Å². The molecule has 0 unspecified atom stereocenters. The van der Waals surface area contributed by atoms with Crippen molar-refractivity contribution in [3.8, 4) is 0 Å². The van der Waals surface area contributed by atoms with Crippen molar-refractivity contribution in [3.63, 3.8) is 0 Å². The number of carbonyl (C=O) groups is 3. The Bertz CT molecular complexity index is 5060. The van der Waals surface area contributed by atoms with Crippen LogP contribution < -0.4 is 13.3 Å². The minimum Gasteiger partial charge on any atom is -0.363 e. The second kappa shape index (κ2) is 37.4. The highest BCUT2D eigenvalue weighted by Gasteiger charge is 2.39. The van der Waals surface area contributed by atoms with Crippen molar-refractivity contribution >= 4 is 197 Å². The normalized spacial score (nSPS) is 11.6. The molecule has 6 heterocycles. The molecule has 0 fully saturated rings. The molecule has 0 saturated carbocycles. The van der Waals surface area contributed by atoms with E-state index in [1.54, 1.807) is 0 Å². The zero-order valence-corrected chi connectivity index (χ0v) is 64.2. The number of aromatic nitrogens is 6. The molecule has 1 N–H and O–H groups in total. The van der Waals surface area contributed by atoms with Crippen LogP contribution in [0.1, 0.15) is 59.2 Å². The number of anilines is 3. The van der Waals surface area contributed by atoms with Gasteiger partial charge in [-0.15, -0.1) is 12.4 Å². The number of alkyl halides is 9. The Hall–Kier alpha value is -6.75. The zero-order chi connectivity index (χ0) is 77.8. The van der Waals surface area contributed by atoms with E-state index in [0.717, 1.165) is 77.4 Å². The summed E-state index contributed by atoms with van der Waals surface area (Å²) in [5.74, 6) is -1.73. The van der Waals surface area contributed by atoms with Gasteiger partial charge in [-0.05, 0) is 119 Å². The van der Waals surface area contributed by atoms with E-state index in [-0.39, 0.29) is 87.9 Å². The monoisotopic (exact) mass is 1790 g/mol. The fourth-order valence-electron chi connectivity index (χ4n) is 8.12. The van der Waals surface area contributed by atoms with Crippen LogP contribution in [0.25, 0.3) is 0 Å². The maximum absolute atomic E-state index is 13.4. The first-order chi connectivity index (χ1) is 48.4. The van der Waals surface area contributed by atoms with Crippen molar-refractivity contribution in [2.45, 2.75) is 33.2 Å². The Morgan fingerprint density at radius 1 is 0.476 bits per heavy atom. The zero-order valence-electron chi connectivity index (χ0n) is 52.5. The van der Waals surface area contributed by atoms with E-state index in [0.29, 0.717) is 33.1 Å². The summed E-state index contributed by atoms with van der Waals surface area (Å²) >= 11 is 54.8. The van der Waals surface area contributed by atoms with Gasteiger partial charge in [-0.25, -0.2) is 63.8 Å². The van der Waals surface area contributed by atoms with E-state index >= 15 is 0 Å². The summed E-state index contributed by atoms with van der Waals surface area (Å²) in [5.41, 5.74) is -4.82. The first-order valence-corrected chi connectivity index (χ1v) is 36.0. The SMILES string of the molecule is COCN(c1cc(Cl)cnc1Br)S(=O)(=O)c1ccc(Cl)c(C(F)(F)F)c1.COCN(c1cc(Cl)cnc1C(=O)c1ccnc(Cl)c1)S(=O)(=O)c1ccc(Cl)c(C(F)(F)F)c1.CON(C)C(=O)c1cncc(Cl)c1.Cl.O=C(c1ccnc(Cl)c1)c1ncc(Cl)cc1NS(=O)(=O)c1ccc(Cl)c(C(F)(F)F)c1. The smallest absolute Gasteiger partial charge is 0.363 e. The fraction of sp³-hybridized carbons (Fsp3) is 0.150. The molecule has 0 radical (unpaired) electrons. The number of pyridine rings is 6. The number of methoxy groups -OCH3 is 2. The van der Waals surface area contributed by atoms with Crippen LogP contribution >= 0.6 is 133 Å². The van der Waals surface area contributed by atoms with E-state index in [9.17, 15) is 79.2 Å². The number of hydrogen-bond acceptors (Lipinski definition) is 18. The van der Waals surface area contributed by atoms with Crippen LogP contribution in [0.4, 0.5) is 56.6 Å². The minimum absolute atomic E-state index is 0. The second-order valence-corrected chi connectivity index (χ2v) is 29.8. The maximum atomic E-state index is 13.4. The number of halogens is 20. The number of benzene rings is 3. The molecule has 0 aliphatic rings. The molecular formula is C60H42BrCl10F9N10O12S3. The fourth-order valence-corrected chi connectivity index (χ4v) is 14.2. The molecule has 9 rings (SSSR count). The average molecular weight is 1800 g/mol. The predicted molar refractivity (Wildman–Crippen MR) is 380 cm³/mol. The quantitative estimate of drug-likeness (QED) is 0.0259. The van der Waals surface area contributed by atoms with Crippen molar-refractivity contribution in [2.75, 3.05) is 55.2 Å². The molecule has 0 aliphatic heterocycles. The highest BCUT2D eigenvalue weighted by atomic mass is 79.9. The summed E-state index contributed by atoms with van der Waals surface area (Å²) in [4.78, 5) is 63.0. The van der Waals surface area contributed by atoms with Gasteiger partial charge in [-0.1, -0.05) is 104 Å². The molecule has 562 valence electrons. The van der Waals surface area contributed by atoms with Crippen LogP contribution in [-0.2, 0) is 62.9 Å². The van der Waals surface area contributed by atoms with Gasteiger partial charge in [0.2, 0.25) is 11.6 Å².